The number of amides is 2. The number of benzene rings is 2. The van der Waals surface area contributed by atoms with Gasteiger partial charge in [0.1, 0.15) is 0 Å². The summed E-state index contributed by atoms with van der Waals surface area (Å²) in [5.41, 5.74) is 2.18. The van der Waals surface area contributed by atoms with Crippen LogP contribution in [-0.4, -0.2) is 30.4 Å². The molecule has 2 N–H and O–H groups in total. The zero-order chi connectivity index (χ0) is 21.1. The first kappa shape index (κ1) is 22.1. The van der Waals surface area contributed by atoms with Crippen molar-refractivity contribution in [1.82, 2.24) is 5.32 Å². The number of aryl methyl sites for hydroxylation is 1. The maximum Gasteiger partial charge on any atom is 0.306 e. The molecule has 6 heteroatoms. The molecule has 2 aromatic carbocycles. The van der Waals surface area contributed by atoms with Gasteiger partial charge in [0.15, 0.2) is 0 Å². The van der Waals surface area contributed by atoms with Gasteiger partial charge in [-0.3, -0.25) is 14.4 Å². The van der Waals surface area contributed by atoms with E-state index in [0.717, 1.165) is 12.8 Å². The Balaban J connectivity index is 1.68. The molecule has 29 heavy (non-hydrogen) atoms. The van der Waals surface area contributed by atoms with Crippen LogP contribution in [0.2, 0.25) is 0 Å². The van der Waals surface area contributed by atoms with Crippen LogP contribution < -0.4 is 10.6 Å². The molecule has 0 aliphatic carbocycles. The van der Waals surface area contributed by atoms with E-state index in [1.54, 1.807) is 24.3 Å². The SMILES string of the molecule is CC(C)NC(=O)c1cccc(NC(=O)CCC(=O)OCCCc2ccccc2)c1. The standard InChI is InChI=1S/C23H28N2O4/c1-17(2)24-23(28)19-11-6-12-20(16-19)25-21(26)13-14-22(27)29-15-7-10-18-8-4-3-5-9-18/h3-6,8-9,11-12,16-17H,7,10,13-15H2,1-2H3,(H,24,28)(H,25,26). The quantitative estimate of drug-likeness (QED) is 0.473. The molecule has 154 valence electrons. The molecule has 0 bridgehead atoms. The summed E-state index contributed by atoms with van der Waals surface area (Å²) in [7, 11) is 0. The Hall–Kier alpha value is -3.15. The van der Waals surface area contributed by atoms with Crippen LogP contribution in [0.4, 0.5) is 5.69 Å². The highest BCUT2D eigenvalue weighted by molar-refractivity contribution is 5.97. The van der Waals surface area contributed by atoms with Crippen molar-refractivity contribution in [2.45, 2.75) is 45.6 Å². The molecule has 6 nitrogen and oxygen atoms in total. The van der Waals surface area contributed by atoms with E-state index < -0.39 is 5.97 Å². The molecule has 0 aromatic heterocycles. The molecule has 0 saturated carbocycles. The molecule has 0 fully saturated rings. The lowest BCUT2D eigenvalue weighted by Gasteiger charge is -2.10. The van der Waals surface area contributed by atoms with Gasteiger partial charge < -0.3 is 15.4 Å². The number of rotatable bonds is 10. The van der Waals surface area contributed by atoms with Crippen molar-refractivity contribution in [3.63, 3.8) is 0 Å². The molecule has 0 unspecified atom stereocenters. The smallest absolute Gasteiger partial charge is 0.306 e. The Bertz CT molecular complexity index is 819. The third-order valence-corrected chi connectivity index (χ3v) is 4.10. The molecule has 0 aliphatic heterocycles. The van der Waals surface area contributed by atoms with E-state index in [2.05, 4.69) is 10.6 Å². The summed E-state index contributed by atoms with van der Waals surface area (Å²) in [5.74, 6) is -0.888. The number of ether oxygens (including phenoxy) is 1. The molecular formula is C23H28N2O4. The molecule has 0 spiro atoms. The third-order valence-electron chi connectivity index (χ3n) is 4.10. The highest BCUT2D eigenvalue weighted by Gasteiger charge is 2.11. The minimum Gasteiger partial charge on any atom is -0.466 e. The summed E-state index contributed by atoms with van der Waals surface area (Å²) in [5, 5.41) is 5.51. The van der Waals surface area contributed by atoms with Gasteiger partial charge in [-0.25, -0.2) is 0 Å². The topological polar surface area (TPSA) is 84.5 Å². The first-order valence-corrected chi connectivity index (χ1v) is 9.84. The number of nitrogens with one attached hydrogen (secondary N) is 2. The molecule has 2 amide bonds. The van der Waals surface area contributed by atoms with Gasteiger partial charge in [0.05, 0.1) is 13.0 Å². The van der Waals surface area contributed by atoms with E-state index in [1.807, 2.05) is 44.2 Å². The average Bonchev–Trinajstić information content (AvgIpc) is 2.70. The van der Waals surface area contributed by atoms with E-state index in [4.69, 9.17) is 4.74 Å². The highest BCUT2D eigenvalue weighted by atomic mass is 16.5. The normalized spacial score (nSPS) is 10.4. The summed E-state index contributed by atoms with van der Waals surface area (Å²) in [6.07, 6.45) is 1.63. The molecule has 2 rings (SSSR count). The second kappa shape index (κ2) is 11.6. The Kier molecular flexibility index (Phi) is 8.89. The maximum atomic E-state index is 12.1. The van der Waals surface area contributed by atoms with Crippen molar-refractivity contribution in [1.29, 1.82) is 0 Å². The molecule has 0 saturated heterocycles. The van der Waals surface area contributed by atoms with Crippen LogP contribution in [0, 0.1) is 0 Å². The zero-order valence-corrected chi connectivity index (χ0v) is 16.9. The van der Waals surface area contributed by atoms with Crippen LogP contribution in [0.5, 0.6) is 0 Å². The van der Waals surface area contributed by atoms with Gasteiger partial charge in [-0.05, 0) is 50.5 Å². The Morgan fingerprint density at radius 2 is 1.72 bits per heavy atom. The van der Waals surface area contributed by atoms with Crippen molar-refractivity contribution in [3.05, 3.63) is 65.7 Å². The predicted octanol–water partition coefficient (Wildman–Crippen LogP) is 3.72. The van der Waals surface area contributed by atoms with Crippen LogP contribution in [0.1, 0.15) is 49.0 Å². The second-order valence-corrected chi connectivity index (χ2v) is 7.07. The van der Waals surface area contributed by atoms with Gasteiger partial charge in [-0.1, -0.05) is 36.4 Å². The van der Waals surface area contributed by atoms with E-state index in [0.29, 0.717) is 17.9 Å². The summed E-state index contributed by atoms with van der Waals surface area (Å²) in [4.78, 5) is 35.9. The number of hydrogen-bond donors (Lipinski definition) is 2. The van der Waals surface area contributed by atoms with Gasteiger partial charge in [-0.2, -0.15) is 0 Å². The molecule has 0 atom stereocenters. The van der Waals surface area contributed by atoms with Crippen LogP contribution in [0.3, 0.4) is 0 Å². The second-order valence-electron chi connectivity index (χ2n) is 7.07. The number of carbonyl (C=O) groups excluding carboxylic acids is 3. The fraction of sp³-hybridized carbons (Fsp3) is 0.348. The summed E-state index contributed by atoms with van der Waals surface area (Å²) in [6.45, 7) is 4.09. The van der Waals surface area contributed by atoms with Crippen LogP contribution in [0.25, 0.3) is 0 Å². The molecule has 0 aliphatic rings. The number of hydrogen-bond acceptors (Lipinski definition) is 4. The minimum atomic E-state index is -0.390. The number of anilines is 1. The first-order valence-electron chi connectivity index (χ1n) is 9.84. The fourth-order valence-corrected chi connectivity index (χ4v) is 2.70. The number of esters is 1. The Morgan fingerprint density at radius 3 is 2.45 bits per heavy atom. The van der Waals surface area contributed by atoms with E-state index >= 15 is 0 Å². The van der Waals surface area contributed by atoms with Crippen LogP contribution in [0.15, 0.2) is 54.6 Å². The van der Waals surface area contributed by atoms with Gasteiger partial charge in [0.25, 0.3) is 5.91 Å². The van der Waals surface area contributed by atoms with Crippen molar-refractivity contribution in [3.8, 4) is 0 Å². The van der Waals surface area contributed by atoms with Crippen LogP contribution >= 0.6 is 0 Å². The summed E-state index contributed by atoms with van der Waals surface area (Å²) < 4.78 is 5.18. The van der Waals surface area contributed by atoms with Crippen molar-refractivity contribution >= 4 is 23.5 Å². The van der Waals surface area contributed by atoms with Gasteiger partial charge in [-0.15, -0.1) is 0 Å². The maximum absolute atomic E-state index is 12.1. The molecule has 0 heterocycles. The third kappa shape index (κ3) is 8.60. The highest BCUT2D eigenvalue weighted by Crippen LogP contribution is 2.12. The van der Waals surface area contributed by atoms with Gasteiger partial charge in [0, 0.05) is 23.7 Å². The average molecular weight is 396 g/mol. The van der Waals surface area contributed by atoms with Crippen LogP contribution in [-0.2, 0) is 20.7 Å². The lowest BCUT2D eigenvalue weighted by atomic mass is 10.1. The van der Waals surface area contributed by atoms with E-state index in [1.165, 1.54) is 5.56 Å². The first-order chi connectivity index (χ1) is 13.9. The Labute approximate surface area is 171 Å². The zero-order valence-electron chi connectivity index (χ0n) is 16.9. The van der Waals surface area contributed by atoms with Crippen molar-refractivity contribution < 1.29 is 19.1 Å². The molecule has 0 radical (unpaired) electrons. The largest absolute Gasteiger partial charge is 0.466 e. The predicted molar refractivity (Wildman–Crippen MR) is 113 cm³/mol. The molecular weight excluding hydrogens is 368 g/mol. The lowest BCUT2D eigenvalue weighted by Crippen LogP contribution is -2.30. The summed E-state index contributed by atoms with van der Waals surface area (Å²) >= 11 is 0. The van der Waals surface area contributed by atoms with Crippen molar-refractivity contribution in [2.24, 2.45) is 0 Å². The van der Waals surface area contributed by atoms with Crippen molar-refractivity contribution in [2.75, 3.05) is 11.9 Å². The monoisotopic (exact) mass is 396 g/mol. The van der Waals surface area contributed by atoms with E-state index in [-0.39, 0.29) is 30.7 Å². The van der Waals surface area contributed by atoms with E-state index in [9.17, 15) is 14.4 Å². The Morgan fingerprint density at radius 1 is 0.966 bits per heavy atom. The molecule has 2 aromatic rings. The number of carbonyl (C=O) groups is 3. The minimum absolute atomic E-state index is 0.0185. The fourth-order valence-electron chi connectivity index (χ4n) is 2.70. The van der Waals surface area contributed by atoms with Gasteiger partial charge >= 0.3 is 5.97 Å². The van der Waals surface area contributed by atoms with Gasteiger partial charge in [0.2, 0.25) is 5.91 Å². The summed E-state index contributed by atoms with van der Waals surface area (Å²) in [6, 6.07) is 16.7. The lowest BCUT2D eigenvalue weighted by molar-refractivity contribution is -0.144.